The molecule has 1 aliphatic rings. The van der Waals surface area contributed by atoms with E-state index < -0.39 is 6.04 Å². The number of aryl methyl sites for hydroxylation is 1. The number of rotatable bonds is 6. The number of carbonyl (C=O) groups is 1. The van der Waals surface area contributed by atoms with Crippen LogP contribution >= 0.6 is 12.4 Å². The van der Waals surface area contributed by atoms with Crippen molar-refractivity contribution < 1.29 is 13.9 Å². The highest BCUT2D eigenvalue weighted by molar-refractivity contribution is 5.85. The van der Waals surface area contributed by atoms with Crippen molar-refractivity contribution in [2.45, 2.75) is 58.9 Å². The number of hydrogen-bond donors (Lipinski definition) is 1. The Morgan fingerprint density at radius 2 is 1.79 bits per heavy atom. The molecular formula is C23H29ClFNO2. The van der Waals surface area contributed by atoms with Crippen LogP contribution in [0.25, 0.3) is 11.1 Å². The van der Waals surface area contributed by atoms with E-state index >= 15 is 4.39 Å². The van der Waals surface area contributed by atoms with Gasteiger partial charge in [0.2, 0.25) is 0 Å². The molecule has 1 unspecified atom stereocenters. The zero-order chi connectivity index (χ0) is 19.7. The van der Waals surface area contributed by atoms with Crippen molar-refractivity contribution in [1.82, 2.24) is 0 Å². The topological polar surface area (TPSA) is 52.3 Å². The van der Waals surface area contributed by atoms with Gasteiger partial charge < -0.3 is 10.5 Å². The number of benzene rings is 2. The van der Waals surface area contributed by atoms with E-state index in [0.717, 1.165) is 35.1 Å². The normalized spacial score (nSPS) is 14.4. The van der Waals surface area contributed by atoms with Crippen LogP contribution in [0.3, 0.4) is 0 Å². The van der Waals surface area contributed by atoms with Crippen molar-refractivity contribution in [3.63, 3.8) is 0 Å². The fourth-order valence-electron chi connectivity index (χ4n) is 3.76. The minimum absolute atomic E-state index is 0. The number of halogens is 2. The van der Waals surface area contributed by atoms with Gasteiger partial charge in [-0.1, -0.05) is 29.8 Å². The molecule has 1 fully saturated rings. The van der Waals surface area contributed by atoms with Crippen LogP contribution in [-0.4, -0.2) is 12.6 Å². The predicted molar refractivity (Wildman–Crippen MR) is 113 cm³/mol. The van der Waals surface area contributed by atoms with Gasteiger partial charge in [0.15, 0.2) is 0 Å². The second kappa shape index (κ2) is 9.06. The van der Waals surface area contributed by atoms with Crippen LogP contribution in [0.4, 0.5) is 4.39 Å². The second-order valence-electron chi connectivity index (χ2n) is 7.52. The van der Waals surface area contributed by atoms with Crippen molar-refractivity contribution in [2.24, 2.45) is 5.73 Å². The molecule has 1 saturated carbocycles. The lowest BCUT2D eigenvalue weighted by atomic mass is 9.83. The SMILES string of the molecule is CCOC(=O)CC(N)c1c(F)c(C)c(C)c(-c2ccc(C)cc2)c1C1CC1.Cl. The van der Waals surface area contributed by atoms with Crippen LogP contribution in [0, 0.1) is 26.6 Å². The maximum absolute atomic E-state index is 15.3. The lowest BCUT2D eigenvalue weighted by Gasteiger charge is -2.24. The summed E-state index contributed by atoms with van der Waals surface area (Å²) in [5.74, 6) is -0.360. The third-order valence-corrected chi connectivity index (χ3v) is 5.45. The molecule has 0 saturated heterocycles. The molecule has 2 aromatic carbocycles. The number of esters is 1. The first kappa shape index (κ1) is 22.4. The Balaban J connectivity index is 0.00000280. The average molecular weight is 406 g/mol. The Labute approximate surface area is 172 Å². The summed E-state index contributed by atoms with van der Waals surface area (Å²) in [4.78, 5) is 12.0. The Morgan fingerprint density at radius 3 is 2.32 bits per heavy atom. The molecule has 3 rings (SSSR count). The molecule has 28 heavy (non-hydrogen) atoms. The molecular weight excluding hydrogens is 377 g/mol. The summed E-state index contributed by atoms with van der Waals surface area (Å²) in [5.41, 5.74) is 12.7. The zero-order valence-corrected chi connectivity index (χ0v) is 17.8. The summed E-state index contributed by atoms with van der Waals surface area (Å²) < 4.78 is 20.4. The standard InChI is InChI=1S/C23H28FNO2.ClH/c1-5-27-19(26)12-18(25)22-21(17-10-11-17)20(14(3)15(4)23(22)24)16-8-6-13(2)7-9-16;/h6-9,17-18H,5,10-12,25H2,1-4H3;1H. The van der Waals surface area contributed by atoms with Gasteiger partial charge in [0.1, 0.15) is 5.82 Å². The van der Waals surface area contributed by atoms with E-state index in [-0.39, 0.29) is 30.6 Å². The van der Waals surface area contributed by atoms with Gasteiger partial charge >= 0.3 is 5.97 Å². The molecule has 0 bridgehead atoms. The van der Waals surface area contributed by atoms with Crippen molar-refractivity contribution >= 4 is 18.4 Å². The summed E-state index contributed by atoms with van der Waals surface area (Å²) in [6.45, 7) is 7.87. The van der Waals surface area contributed by atoms with Gasteiger partial charge in [-0.2, -0.15) is 0 Å². The van der Waals surface area contributed by atoms with Gasteiger partial charge in [-0.05, 0) is 74.3 Å². The Bertz CT molecular complexity index is 860. The highest BCUT2D eigenvalue weighted by atomic mass is 35.5. The van der Waals surface area contributed by atoms with Gasteiger partial charge in [0.05, 0.1) is 13.0 Å². The van der Waals surface area contributed by atoms with Crippen molar-refractivity contribution in [3.05, 3.63) is 57.9 Å². The van der Waals surface area contributed by atoms with Crippen LogP contribution in [0.5, 0.6) is 0 Å². The first-order valence-electron chi connectivity index (χ1n) is 9.65. The molecule has 2 N–H and O–H groups in total. The lowest BCUT2D eigenvalue weighted by Crippen LogP contribution is -2.21. The number of carbonyl (C=O) groups excluding carboxylic acids is 1. The minimum atomic E-state index is -0.705. The maximum atomic E-state index is 15.3. The molecule has 0 radical (unpaired) electrons. The van der Waals surface area contributed by atoms with E-state index in [1.54, 1.807) is 13.8 Å². The quantitative estimate of drug-likeness (QED) is 0.630. The van der Waals surface area contributed by atoms with E-state index in [0.29, 0.717) is 23.7 Å². The van der Waals surface area contributed by atoms with Crippen molar-refractivity contribution in [2.75, 3.05) is 6.61 Å². The Hall–Kier alpha value is -1.91. The van der Waals surface area contributed by atoms with E-state index in [1.807, 2.05) is 6.92 Å². The van der Waals surface area contributed by atoms with E-state index in [9.17, 15) is 4.79 Å². The van der Waals surface area contributed by atoms with Gasteiger partial charge in [-0.3, -0.25) is 4.79 Å². The third kappa shape index (κ3) is 4.39. The van der Waals surface area contributed by atoms with Crippen LogP contribution in [0.15, 0.2) is 24.3 Å². The van der Waals surface area contributed by atoms with Crippen molar-refractivity contribution in [1.29, 1.82) is 0 Å². The largest absolute Gasteiger partial charge is 0.466 e. The van der Waals surface area contributed by atoms with E-state index in [1.165, 1.54) is 5.56 Å². The van der Waals surface area contributed by atoms with Crippen LogP contribution in [-0.2, 0) is 9.53 Å². The van der Waals surface area contributed by atoms with E-state index in [2.05, 4.69) is 31.2 Å². The van der Waals surface area contributed by atoms with Crippen LogP contribution in [0.2, 0.25) is 0 Å². The number of ether oxygens (including phenoxy) is 1. The molecule has 0 aliphatic heterocycles. The predicted octanol–water partition coefficient (Wildman–Crippen LogP) is 5.67. The fraction of sp³-hybridized carbons (Fsp3) is 0.435. The van der Waals surface area contributed by atoms with Gasteiger partial charge in [0, 0.05) is 11.6 Å². The maximum Gasteiger partial charge on any atom is 0.307 e. The molecule has 1 aliphatic carbocycles. The molecule has 0 aromatic heterocycles. The smallest absolute Gasteiger partial charge is 0.307 e. The number of nitrogens with two attached hydrogens (primary N) is 1. The summed E-state index contributed by atoms with van der Waals surface area (Å²) >= 11 is 0. The number of hydrogen-bond acceptors (Lipinski definition) is 3. The first-order chi connectivity index (χ1) is 12.8. The van der Waals surface area contributed by atoms with E-state index in [4.69, 9.17) is 10.5 Å². The summed E-state index contributed by atoms with van der Waals surface area (Å²) in [6.07, 6.45) is 2.04. The Morgan fingerprint density at radius 1 is 1.18 bits per heavy atom. The van der Waals surface area contributed by atoms with Gasteiger partial charge in [0.25, 0.3) is 0 Å². The average Bonchev–Trinajstić information content (AvgIpc) is 3.45. The second-order valence-corrected chi connectivity index (χ2v) is 7.52. The molecule has 0 amide bonds. The van der Waals surface area contributed by atoms with Crippen LogP contribution in [0.1, 0.15) is 66.0 Å². The lowest BCUT2D eigenvalue weighted by molar-refractivity contribution is -0.143. The highest BCUT2D eigenvalue weighted by Gasteiger charge is 2.35. The third-order valence-electron chi connectivity index (χ3n) is 5.45. The molecule has 0 heterocycles. The highest BCUT2D eigenvalue weighted by Crippen LogP contribution is 2.50. The monoisotopic (exact) mass is 405 g/mol. The van der Waals surface area contributed by atoms with Gasteiger partial charge in [-0.15, -0.1) is 12.4 Å². The summed E-state index contributed by atoms with van der Waals surface area (Å²) in [7, 11) is 0. The fourth-order valence-corrected chi connectivity index (χ4v) is 3.76. The van der Waals surface area contributed by atoms with Gasteiger partial charge in [-0.25, -0.2) is 4.39 Å². The Kier molecular flexibility index (Phi) is 7.24. The summed E-state index contributed by atoms with van der Waals surface area (Å²) in [6, 6.07) is 7.61. The first-order valence-corrected chi connectivity index (χ1v) is 9.65. The minimum Gasteiger partial charge on any atom is -0.466 e. The van der Waals surface area contributed by atoms with Crippen molar-refractivity contribution in [3.8, 4) is 11.1 Å². The molecule has 0 spiro atoms. The molecule has 2 aromatic rings. The van der Waals surface area contributed by atoms with Crippen LogP contribution < -0.4 is 5.73 Å². The summed E-state index contributed by atoms with van der Waals surface area (Å²) in [5, 5.41) is 0. The molecule has 5 heteroatoms. The zero-order valence-electron chi connectivity index (χ0n) is 17.0. The molecule has 3 nitrogen and oxygen atoms in total. The molecule has 152 valence electrons. The molecule has 1 atom stereocenters.